The second-order valence-corrected chi connectivity index (χ2v) is 8.14. The second-order valence-electron chi connectivity index (χ2n) is 7.73. The lowest BCUT2D eigenvalue weighted by Crippen LogP contribution is -2.01. The third-order valence-corrected chi connectivity index (χ3v) is 5.57. The first-order valence-electron chi connectivity index (χ1n) is 10.8. The number of anilines is 2. The van der Waals surface area contributed by atoms with Crippen LogP contribution in [0.1, 0.15) is 5.56 Å². The molecule has 0 saturated carbocycles. The van der Waals surface area contributed by atoms with Gasteiger partial charge in [-0.15, -0.1) is 5.10 Å². The summed E-state index contributed by atoms with van der Waals surface area (Å²) in [5.74, 6) is 0.776. The number of aliphatic hydroxyl groups excluding tert-OH is 1. The first kappa shape index (κ1) is 22.7. The summed E-state index contributed by atoms with van der Waals surface area (Å²) in [6, 6.07) is 17.3. The summed E-state index contributed by atoms with van der Waals surface area (Å²) < 4.78 is 20.7. The van der Waals surface area contributed by atoms with Gasteiger partial charge in [0.1, 0.15) is 36.0 Å². The van der Waals surface area contributed by atoms with Gasteiger partial charge in [-0.25, -0.2) is 19.0 Å². The van der Waals surface area contributed by atoms with Gasteiger partial charge in [0, 0.05) is 16.6 Å². The number of aromatic nitrogens is 5. The molecule has 8 nitrogen and oxygen atoms in total. The summed E-state index contributed by atoms with van der Waals surface area (Å²) >= 11 is 6.44. The van der Waals surface area contributed by atoms with Crippen LogP contribution in [-0.4, -0.2) is 36.7 Å². The van der Waals surface area contributed by atoms with E-state index in [9.17, 15) is 4.39 Å². The van der Waals surface area contributed by atoms with E-state index < -0.39 is 0 Å². The Hall–Kier alpha value is -4.08. The maximum absolute atomic E-state index is 13.4. The Morgan fingerprint density at radius 1 is 1.06 bits per heavy atom. The van der Waals surface area contributed by atoms with E-state index in [1.165, 1.54) is 18.5 Å². The predicted molar refractivity (Wildman–Crippen MR) is 131 cm³/mol. The van der Waals surface area contributed by atoms with Crippen LogP contribution in [0.4, 0.5) is 15.9 Å². The van der Waals surface area contributed by atoms with Crippen LogP contribution >= 0.6 is 11.6 Å². The van der Waals surface area contributed by atoms with Gasteiger partial charge in [0.15, 0.2) is 0 Å². The van der Waals surface area contributed by atoms with Gasteiger partial charge in [-0.1, -0.05) is 35.0 Å². The van der Waals surface area contributed by atoms with Crippen LogP contribution in [-0.2, 0) is 13.2 Å². The Bertz CT molecular complexity index is 1490. The SMILES string of the molecule is OCCn1cc(-c2ccc3ncnc(Nc4ccc(OCc5cccc(F)c5)c(Cl)c4)c3c2)nn1. The number of fused-ring (bicyclic) bond motifs is 1. The largest absolute Gasteiger partial charge is 0.487 e. The van der Waals surface area contributed by atoms with Crippen molar-refractivity contribution in [2.75, 3.05) is 11.9 Å². The number of nitrogens with one attached hydrogen (secondary N) is 1. The summed E-state index contributed by atoms with van der Waals surface area (Å²) in [6.07, 6.45) is 3.26. The Kier molecular flexibility index (Phi) is 6.51. The minimum Gasteiger partial charge on any atom is -0.487 e. The average Bonchev–Trinajstić information content (AvgIpc) is 3.32. The molecule has 0 aliphatic rings. The van der Waals surface area contributed by atoms with Crippen LogP contribution in [0, 0.1) is 5.82 Å². The van der Waals surface area contributed by atoms with E-state index in [4.69, 9.17) is 21.4 Å². The van der Waals surface area contributed by atoms with Crippen molar-refractivity contribution in [3.8, 4) is 17.0 Å². The zero-order valence-corrected chi connectivity index (χ0v) is 19.2. The molecule has 2 heterocycles. The third kappa shape index (κ3) is 5.21. The minimum atomic E-state index is -0.313. The fraction of sp³-hybridized carbons (Fsp3) is 0.120. The summed E-state index contributed by atoms with van der Waals surface area (Å²) in [5.41, 5.74) is 3.71. The molecule has 0 aliphatic heterocycles. The lowest BCUT2D eigenvalue weighted by molar-refractivity contribution is 0.268. The number of aliphatic hydroxyl groups is 1. The zero-order chi connectivity index (χ0) is 24.2. The highest BCUT2D eigenvalue weighted by Gasteiger charge is 2.11. The van der Waals surface area contributed by atoms with Gasteiger partial charge in [-0.2, -0.15) is 0 Å². The normalized spacial score (nSPS) is 11.1. The maximum Gasteiger partial charge on any atom is 0.141 e. The molecule has 176 valence electrons. The standard InChI is InChI=1S/C25H20ClFN6O2/c26-21-12-19(5-7-24(21)35-14-16-2-1-3-18(27)10-16)30-25-20-11-17(4-6-22(20)28-15-29-25)23-13-33(8-9-34)32-31-23/h1-7,10-13,15,34H,8-9,14H2,(H,28,29,30). The van der Waals surface area contributed by atoms with Crippen molar-refractivity contribution in [1.29, 1.82) is 0 Å². The molecule has 0 atom stereocenters. The second kappa shape index (κ2) is 10.0. The molecule has 0 unspecified atom stereocenters. The van der Waals surface area contributed by atoms with Gasteiger partial charge in [-0.05, 0) is 48.0 Å². The van der Waals surface area contributed by atoms with E-state index in [-0.39, 0.29) is 19.0 Å². The van der Waals surface area contributed by atoms with Gasteiger partial charge < -0.3 is 15.2 Å². The van der Waals surface area contributed by atoms with E-state index in [0.29, 0.717) is 40.1 Å². The third-order valence-electron chi connectivity index (χ3n) is 5.28. The van der Waals surface area contributed by atoms with Gasteiger partial charge >= 0.3 is 0 Å². The zero-order valence-electron chi connectivity index (χ0n) is 18.4. The van der Waals surface area contributed by atoms with Gasteiger partial charge in [0.05, 0.1) is 29.9 Å². The lowest BCUT2D eigenvalue weighted by atomic mass is 10.1. The van der Waals surface area contributed by atoms with Crippen LogP contribution < -0.4 is 10.1 Å². The van der Waals surface area contributed by atoms with Crippen LogP contribution in [0.3, 0.4) is 0 Å². The molecule has 0 saturated heterocycles. The summed E-state index contributed by atoms with van der Waals surface area (Å²) in [7, 11) is 0. The van der Waals surface area contributed by atoms with Crippen LogP contribution in [0.5, 0.6) is 5.75 Å². The van der Waals surface area contributed by atoms with Crippen molar-refractivity contribution < 1.29 is 14.2 Å². The number of benzene rings is 3. The Morgan fingerprint density at radius 3 is 2.80 bits per heavy atom. The van der Waals surface area contributed by atoms with Crippen LogP contribution in [0.25, 0.3) is 22.2 Å². The van der Waals surface area contributed by atoms with Crippen molar-refractivity contribution in [3.05, 3.63) is 89.6 Å². The molecule has 3 aromatic carbocycles. The summed E-state index contributed by atoms with van der Waals surface area (Å²) in [4.78, 5) is 8.75. The number of ether oxygens (including phenoxy) is 1. The van der Waals surface area contributed by atoms with Gasteiger partial charge in [-0.3, -0.25) is 0 Å². The lowest BCUT2D eigenvalue weighted by Gasteiger charge is -2.12. The molecular formula is C25H20ClFN6O2. The molecule has 5 rings (SSSR count). The van der Waals surface area contributed by atoms with E-state index in [1.54, 1.807) is 35.1 Å². The topological polar surface area (TPSA) is 98.0 Å². The Labute approximate surface area is 205 Å². The highest BCUT2D eigenvalue weighted by molar-refractivity contribution is 6.32. The number of hydrogen-bond acceptors (Lipinski definition) is 7. The van der Waals surface area contributed by atoms with Crippen molar-refractivity contribution in [2.24, 2.45) is 0 Å². The van der Waals surface area contributed by atoms with Crippen LogP contribution in [0.15, 0.2) is 73.2 Å². The molecule has 2 N–H and O–H groups in total. The fourth-order valence-corrected chi connectivity index (χ4v) is 3.81. The molecule has 0 radical (unpaired) electrons. The smallest absolute Gasteiger partial charge is 0.141 e. The first-order valence-corrected chi connectivity index (χ1v) is 11.2. The number of hydrogen-bond donors (Lipinski definition) is 2. The summed E-state index contributed by atoms with van der Waals surface area (Å²) in [5, 5.41) is 21.8. The fourth-order valence-electron chi connectivity index (χ4n) is 3.58. The highest BCUT2D eigenvalue weighted by atomic mass is 35.5. The monoisotopic (exact) mass is 490 g/mol. The molecular weight excluding hydrogens is 471 g/mol. The number of nitrogens with zero attached hydrogens (tertiary/aromatic N) is 5. The molecule has 2 aromatic heterocycles. The molecule has 0 amide bonds. The Morgan fingerprint density at radius 2 is 1.97 bits per heavy atom. The van der Waals surface area contributed by atoms with E-state index >= 15 is 0 Å². The van der Waals surface area contributed by atoms with E-state index in [2.05, 4.69) is 25.6 Å². The molecule has 5 aromatic rings. The molecule has 10 heteroatoms. The molecule has 0 fully saturated rings. The highest BCUT2D eigenvalue weighted by Crippen LogP contribution is 2.32. The van der Waals surface area contributed by atoms with Crippen molar-refractivity contribution in [1.82, 2.24) is 25.0 Å². The van der Waals surface area contributed by atoms with Crippen molar-refractivity contribution in [2.45, 2.75) is 13.2 Å². The Balaban J connectivity index is 1.37. The average molecular weight is 491 g/mol. The quantitative estimate of drug-likeness (QED) is 0.316. The number of rotatable bonds is 8. The summed E-state index contributed by atoms with van der Waals surface area (Å²) in [6.45, 7) is 0.561. The van der Waals surface area contributed by atoms with E-state index in [0.717, 1.165) is 16.5 Å². The van der Waals surface area contributed by atoms with Crippen molar-refractivity contribution >= 4 is 34.0 Å². The minimum absolute atomic E-state index is 0.0143. The van der Waals surface area contributed by atoms with E-state index in [1.807, 2.05) is 24.3 Å². The molecule has 35 heavy (non-hydrogen) atoms. The predicted octanol–water partition coefficient (Wildman–Crippen LogP) is 5.00. The molecule has 0 bridgehead atoms. The van der Waals surface area contributed by atoms with Crippen molar-refractivity contribution in [3.63, 3.8) is 0 Å². The first-order chi connectivity index (χ1) is 17.1. The number of halogens is 2. The maximum atomic E-state index is 13.4. The molecule has 0 spiro atoms. The van der Waals surface area contributed by atoms with Crippen LogP contribution in [0.2, 0.25) is 5.02 Å². The van der Waals surface area contributed by atoms with Gasteiger partial charge in [0.25, 0.3) is 0 Å². The van der Waals surface area contributed by atoms with Gasteiger partial charge in [0.2, 0.25) is 0 Å². The molecule has 0 aliphatic carbocycles.